The topological polar surface area (TPSA) is 0 Å². The van der Waals surface area contributed by atoms with Crippen LogP contribution < -0.4 is 0 Å². The van der Waals surface area contributed by atoms with Crippen molar-refractivity contribution in [1.82, 2.24) is 0 Å². The number of hydrogen-bond acceptors (Lipinski definition) is 0. The van der Waals surface area contributed by atoms with E-state index in [9.17, 15) is 0 Å². The summed E-state index contributed by atoms with van der Waals surface area (Å²) in [4.78, 5) is -0.446. The molecule has 0 fully saturated rings. The minimum atomic E-state index is -0.446. The van der Waals surface area contributed by atoms with Crippen molar-refractivity contribution in [3.63, 3.8) is 0 Å². The van der Waals surface area contributed by atoms with Crippen LogP contribution in [0.15, 0.2) is 0 Å². The van der Waals surface area contributed by atoms with Crippen molar-refractivity contribution in [3.05, 3.63) is 0 Å². The molecule has 0 saturated heterocycles. The quantitative estimate of drug-likeness (QED) is 0.417. The van der Waals surface area contributed by atoms with Crippen molar-refractivity contribution >= 4 is 24.3 Å². The van der Waals surface area contributed by atoms with Gasteiger partial charge in [-0.3, -0.25) is 0 Å². The molecule has 0 aliphatic rings. The molecule has 3 heteroatoms. The van der Waals surface area contributed by atoms with Gasteiger partial charge in [0.2, 0.25) is 0 Å². The molecule has 1 atom stereocenters. The standard InChI is InChI=1S/C7H15B2P/c1-6(2,3)5-7(8,9)10-4/h10H,5H2,1-4H3. The van der Waals surface area contributed by atoms with Crippen LogP contribution in [0.4, 0.5) is 0 Å². The summed E-state index contributed by atoms with van der Waals surface area (Å²) in [6.45, 7) is 8.51. The van der Waals surface area contributed by atoms with Gasteiger partial charge in [0.05, 0.1) is 15.7 Å². The van der Waals surface area contributed by atoms with Crippen molar-refractivity contribution < 1.29 is 0 Å². The van der Waals surface area contributed by atoms with Gasteiger partial charge in [-0.2, -0.15) is 0 Å². The van der Waals surface area contributed by atoms with Crippen LogP contribution in [0.25, 0.3) is 0 Å². The Labute approximate surface area is 69.1 Å². The molecule has 0 aromatic carbocycles. The molecule has 0 aromatic heterocycles. The Bertz CT molecular complexity index is 105. The van der Waals surface area contributed by atoms with Gasteiger partial charge in [0, 0.05) is 0 Å². The molecule has 0 rings (SSSR count). The largest absolute Gasteiger partial charge is 0.136 e. The van der Waals surface area contributed by atoms with Gasteiger partial charge < -0.3 is 0 Å². The summed E-state index contributed by atoms with van der Waals surface area (Å²) in [6.07, 6.45) is 0.884. The minimum absolute atomic E-state index is 0.243. The third kappa shape index (κ3) is 5.35. The fraction of sp³-hybridized carbons (Fsp3) is 1.00. The van der Waals surface area contributed by atoms with Crippen molar-refractivity contribution in [3.8, 4) is 0 Å². The first kappa shape index (κ1) is 10.6. The highest BCUT2D eigenvalue weighted by atomic mass is 31.1. The van der Waals surface area contributed by atoms with Gasteiger partial charge in [-0.05, 0) is 12.1 Å². The zero-order chi connectivity index (χ0) is 8.41. The van der Waals surface area contributed by atoms with Crippen LogP contribution in [0.5, 0.6) is 0 Å². The molecule has 0 aromatic rings. The molecule has 0 aliphatic carbocycles. The normalized spacial score (nSPS) is 14.8. The van der Waals surface area contributed by atoms with Crippen LogP contribution in [0.2, 0.25) is 0 Å². The average molecular weight is 152 g/mol. The third-order valence-corrected chi connectivity index (χ3v) is 2.40. The van der Waals surface area contributed by atoms with E-state index in [0.29, 0.717) is 8.58 Å². The van der Waals surface area contributed by atoms with Gasteiger partial charge in [0.15, 0.2) is 0 Å². The van der Waals surface area contributed by atoms with Crippen molar-refractivity contribution in [2.45, 2.75) is 32.1 Å². The smallest absolute Gasteiger partial charge is 0.0678 e. The molecule has 0 N–H and O–H groups in total. The summed E-state index contributed by atoms with van der Waals surface area (Å²) >= 11 is 0. The van der Waals surface area contributed by atoms with E-state index in [4.69, 9.17) is 15.7 Å². The van der Waals surface area contributed by atoms with Gasteiger partial charge in [-0.1, -0.05) is 32.1 Å². The van der Waals surface area contributed by atoms with E-state index in [-0.39, 0.29) is 5.41 Å². The summed E-state index contributed by atoms with van der Waals surface area (Å²) in [7, 11) is 12.2. The molecule has 10 heavy (non-hydrogen) atoms. The zero-order valence-corrected chi connectivity index (χ0v) is 8.36. The SMILES string of the molecule is [B]C([B])(CC(C)(C)C)PC. The van der Waals surface area contributed by atoms with Crippen LogP contribution in [0.1, 0.15) is 27.2 Å². The number of rotatable bonds is 2. The van der Waals surface area contributed by atoms with Crippen LogP contribution in [0, 0.1) is 5.41 Å². The average Bonchev–Trinajstić information content (AvgIpc) is 1.60. The molecule has 54 valence electrons. The summed E-state index contributed by atoms with van der Waals surface area (Å²) in [5.74, 6) is 0. The Morgan fingerprint density at radius 1 is 1.20 bits per heavy atom. The number of hydrogen-bond donors (Lipinski definition) is 0. The summed E-state index contributed by atoms with van der Waals surface area (Å²) in [5, 5.41) is 0. The van der Waals surface area contributed by atoms with E-state index >= 15 is 0 Å². The first-order chi connectivity index (χ1) is 4.27. The van der Waals surface area contributed by atoms with Gasteiger partial charge >= 0.3 is 0 Å². The lowest BCUT2D eigenvalue weighted by Crippen LogP contribution is -2.29. The van der Waals surface area contributed by atoms with Gasteiger partial charge in [0.1, 0.15) is 0 Å². The Balaban J connectivity index is 3.89. The van der Waals surface area contributed by atoms with E-state index in [1.807, 2.05) is 6.66 Å². The maximum absolute atomic E-state index is 5.79. The summed E-state index contributed by atoms with van der Waals surface area (Å²) in [5.41, 5.74) is 0.243. The fourth-order valence-corrected chi connectivity index (χ4v) is 1.67. The van der Waals surface area contributed by atoms with E-state index in [1.165, 1.54) is 0 Å². The second kappa shape index (κ2) is 3.30. The highest BCUT2D eigenvalue weighted by Gasteiger charge is 2.22. The molecule has 0 aliphatic heterocycles. The second-order valence-electron chi connectivity index (χ2n) is 4.03. The monoisotopic (exact) mass is 152 g/mol. The first-order valence-electron chi connectivity index (χ1n) is 3.53. The molecule has 0 amide bonds. The maximum Gasteiger partial charge on any atom is 0.0678 e. The van der Waals surface area contributed by atoms with E-state index < -0.39 is 4.95 Å². The minimum Gasteiger partial charge on any atom is -0.136 e. The van der Waals surface area contributed by atoms with Crippen molar-refractivity contribution in [2.75, 3.05) is 6.66 Å². The van der Waals surface area contributed by atoms with Crippen LogP contribution in [-0.4, -0.2) is 27.3 Å². The molecule has 0 heterocycles. The molecule has 1 unspecified atom stereocenters. The Morgan fingerprint density at radius 3 is 1.70 bits per heavy atom. The Hall–Kier alpha value is 0.560. The zero-order valence-electron chi connectivity index (χ0n) is 7.36. The predicted octanol–water partition coefficient (Wildman–Crippen LogP) is 1.72. The first-order valence-corrected chi connectivity index (χ1v) is 5.03. The van der Waals surface area contributed by atoms with E-state index in [1.54, 1.807) is 0 Å². The third-order valence-electron chi connectivity index (χ3n) is 1.29. The Kier molecular flexibility index (Phi) is 3.49. The lowest BCUT2D eigenvalue weighted by atomic mass is 9.62. The van der Waals surface area contributed by atoms with Crippen LogP contribution in [0.3, 0.4) is 0 Å². The van der Waals surface area contributed by atoms with Gasteiger partial charge in [-0.15, -0.1) is 8.58 Å². The lowest BCUT2D eigenvalue weighted by molar-refractivity contribution is 0.383. The van der Waals surface area contributed by atoms with E-state index in [0.717, 1.165) is 6.42 Å². The fourth-order valence-electron chi connectivity index (χ4n) is 0.966. The molecule has 0 bridgehead atoms. The highest BCUT2D eigenvalue weighted by Crippen LogP contribution is 2.34. The van der Waals surface area contributed by atoms with Crippen LogP contribution in [-0.2, 0) is 0 Å². The molecule has 0 saturated carbocycles. The Morgan fingerprint density at radius 2 is 1.60 bits per heavy atom. The molecule has 0 spiro atoms. The van der Waals surface area contributed by atoms with Gasteiger partial charge in [0.25, 0.3) is 0 Å². The maximum atomic E-state index is 5.79. The van der Waals surface area contributed by atoms with Crippen molar-refractivity contribution in [2.24, 2.45) is 5.41 Å². The van der Waals surface area contributed by atoms with Crippen LogP contribution >= 0.6 is 8.58 Å². The second-order valence-corrected chi connectivity index (χ2v) is 5.46. The van der Waals surface area contributed by atoms with Crippen molar-refractivity contribution in [1.29, 1.82) is 0 Å². The van der Waals surface area contributed by atoms with E-state index in [2.05, 4.69) is 20.8 Å². The predicted molar refractivity (Wildman–Crippen MR) is 52.6 cm³/mol. The summed E-state index contributed by atoms with van der Waals surface area (Å²) in [6, 6.07) is 0. The summed E-state index contributed by atoms with van der Waals surface area (Å²) < 4.78 is 0. The molecule has 4 radical (unpaired) electrons. The molecular weight excluding hydrogens is 137 g/mol. The van der Waals surface area contributed by atoms with Gasteiger partial charge in [-0.25, -0.2) is 0 Å². The molecular formula is C7H15B2P. The molecule has 0 nitrogen and oxygen atoms in total. The highest BCUT2D eigenvalue weighted by molar-refractivity contribution is 7.44. The lowest BCUT2D eigenvalue weighted by Gasteiger charge is -2.32.